The average molecular weight is 247 g/mol. The number of nitrogens with one attached hydrogen (secondary N) is 1. The monoisotopic (exact) mass is 247 g/mol. The molecule has 1 aliphatic carbocycles. The number of aromatic nitrogens is 2. The molecular weight excluding hydrogens is 234 g/mol. The van der Waals surface area contributed by atoms with E-state index in [0.717, 1.165) is 48.5 Å². The molecule has 2 aliphatic rings. The SMILES string of the molecule is O=c1c2c3c(sc2nc2n1CCCN2)CCC3. The molecule has 0 saturated heterocycles. The Morgan fingerprint density at radius 3 is 3.18 bits per heavy atom. The topological polar surface area (TPSA) is 46.9 Å². The van der Waals surface area contributed by atoms with E-state index < -0.39 is 0 Å². The third kappa shape index (κ3) is 1.23. The van der Waals surface area contributed by atoms with Crippen LogP contribution in [0.25, 0.3) is 10.2 Å². The third-order valence-electron chi connectivity index (χ3n) is 3.67. The normalized spacial score (nSPS) is 17.9. The molecule has 1 aliphatic heterocycles. The van der Waals surface area contributed by atoms with Crippen molar-refractivity contribution in [2.75, 3.05) is 11.9 Å². The lowest BCUT2D eigenvalue weighted by Crippen LogP contribution is -2.30. The van der Waals surface area contributed by atoms with E-state index >= 15 is 0 Å². The van der Waals surface area contributed by atoms with Gasteiger partial charge in [0.1, 0.15) is 4.83 Å². The molecule has 0 atom stereocenters. The van der Waals surface area contributed by atoms with Gasteiger partial charge >= 0.3 is 0 Å². The number of nitrogens with zero attached hydrogens (tertiary/aromatic N) is 2. The first-order valence-corrected chi connectivity index (χ1v) is 6.95. The number of aryl methyl sites for hydroxylation is 2. The maximum Gasteiger partial charge on any atom is 0.263 e. The summed E-state index contributed by atoms with van der Waals surface area (Å²) in [6.45, 7) is 1.72. The molecular formula is C12H13N3OS. The zero-order valence-electron chi connectivity index (χ0n) is 9.45. The summed E-state index contributed by atoms with van der Waals surface area (Å²) < 4.78 is 1.80. The van der Waals surface area contributed by atoms with E-state index in [0.29, 0.717) is 0 Å². The van der Waals surface area contributed by atoms with E-state index in [9.17, 15) is 4.79 Å². The van der Waals surface area contributed by atoms with Crippen molar-refractivity contribution >= 4 is 27.5 Å². The molecule has 0 unspecified atom stereocenters. The molecule has 0 amide bonds. The molecule has 2 aromatic heterocycles. The van der Waals surface area contributed by atoms with Crippen LogP contribution in [0.5, 0.6) is 0 Å². The highest BCUT2D eigenvalue weighted by molar-refractivity contribution is 7.18. The summed E-state index contributed by atoms with van der Waals surface area (Å²) in [5, 5.41) is 4.12. The highest BCUT2D eigenvalue weighted by Crippen LogP contribution is 2.35. The summed E-state index contributed by atoms with van der Waals surface area (Å²) in [6, 6.07) is 0. The van der Waals surface area contributed by atoms with Crippen LogP contribution in [0.2, 0.25) is 0 Å². The van der Waals surface area contributed by atoms with Crippen molar-refractivity contribution in [3.63, 3.8) is 0 Å². The van der Waals surface area contributed by atoms with E-state index in [1.807, 2.05) is 0 Å². The minimum absolute atomic E-state index is 0.164. The Balaban J connectivity index is 2.11. The van der Waals surface area contributed by atoms with Gasteiger partial charge in [-0.3, -0.25) is 9.36 Å². The largest absolute Gasteiger partial charge is 0.355 e. The van der Waals surface area contributed by atoms with Crippen LogP contribution in [0.3, 0.4) is 0 Å². The van der Waals surface area contributed by atoms with Crippen LogP contribution in [0.15, 0.2) is 4.79 Å². The first-order valence-electron chi connectivity index (χ1n) is 6.13. The van der Waals surface area contributed by atoms with E-state index in [1.165, 1.54) is 16.9 Å². The summed E-state index contributed by atoms with van der Waals surface area (Å²) in [7, 11) is 0. The Labute approximate surface area is 102 Å². The average Bonchev–Trinajstić information content (AvgIpc) is 2.89. The number of rotatable bonds is 0. The molecule has 0 aromatic carbocycles. The summed E-state index contributed by atoms with van der Waals surface area (Å²) in [4.78, 5) is 19.4. The molecule has 0 fully saturated rings. The van der Waals surface area contributed by atoms with E-state index in [1.54, 1.807) is 15.9 Å². The molecule has 17 heavy (non-hydrogen) atoms. The van der Waals surface area contributed by atoms with Gasteiger partial charge in [0.25, 0.3) is 5.56 Å². The quantitative estimate of drug-likeness (QED) is 0.771. The van der Waals surface area contributed by atoms with Gasteiger partial charge in [0.05, 0.1) is 5.39 Å². The molecule has 5 heteroatoms. The lowest BCUT2D eigenvalue weighted by molar-refractivity contribution is 0.602. The summed E-state index contributed by atoms with van der Waals surface area (Å²) >= 11 is 1.71. The Kier molecular flexibility index (Phi) is 1.88. The van der Waals surface area contributed by atoms with Crippen molar-refractivity contribution in [1.29, 1.82) is 0 Å². The first-order chi connectivity index (χ1) is 8.34. The Hall–Kier alpha value is -1.36. The predicted molar refractivity (Wildman–Crippen MR) is 69.0 cm³/mol. The van der Waals surface area contributed by atoms with Crippen LogP contribution in [-0.4, -0.2) is 16.1 Å². The molecule has 4 rings (SSSR count). The van der Waals surface area contributed by atoms with Crippen LogP contribution in [-0.2, 0) is 19.4 Å². The zero-order chi connectivity index (χ0) is 11.4. The fraction of sp³-hybridized carbons (Fsp3) is 0.500. The molecule has 0 spiro atoms. The van der Waals surface area contributed by atoms with Gasteiger partial charge in [-0.2, -0.15) is 0 Å². The molecule has 88 valence electrons. The minimum atomic E-state index is 0.164. The second-order valence-electron chi connectivity index (χ2n) is 4.71. The molecule has 0 saturated carbocycles. The van der Waals surface area contributed by atoms with Crippen molar-refractivity contribution in [3.05, 3.63) is 20.8 Å². The molecule has 2 aromatic rings. The Morgan fingerprint density at radius 2 is 2.24 bits per heavy atom. The van der Waals surface area contributed by atoms with Gasteiger partial charge in [0.15, 0.2) is 0 Å². The van der Waals surface area contributed by atoms with Crippen molar-refractivity contribution in [3.8, 4) is 0 Å². The van der Waals surface area contributed by atoms with E-state index in [2.05, 4.69) is 10.3 Å². The number of hydrogen-bond acceptors (Lipinski definition) is 4. The van der Waals surface area contributed by atoms with Crippen molar-refractivity contribution in [2.24, 2.45) is 0 Å². The summed E-state index contributed by atoms with van der Waals surface area (Å²) in [5.74, 6) is 0.758. The third-order valence-corrected chi connectivity index (χ3v) is 4.85. The van der Waals surface area contributed by atoms with Gasteiger partial charge in [-0.1, -0.05) is 0 Å². The number of anilines is 1. The van der Waals surface area contributed by atoms with Gasteiger partial charge in [-0.15, -0.1) is 11.3 Å². The lowest BCUT2D eigenvalue weighted by atomic mass is 10.2. The minimum Gasteiger partial charge on any atom is -0.355 e. The van der Waals surface area contributed by atoms with E-state index in [4.69, 9.17) is 0 Å². The fourth-order valence-corrected chi connectivity index (χ4v) is 4.11. The van der Waals surface area contributed by atoms with Crippen LogP contribution < -0.4 is 10.9 Å². The van der Waals surface area contributed by atoms with Gasteiger partial charge in [-0.25, -0.2) is 4.98 Å². The van der Waals surface area contributed by atoms with E-state index in [-0.39, 0.29) is 5.56 Å². The second-order valence-corrected chi connectivity index (χ2v) is 5.79. The summed E-state index contributed by atoms with van der Waals surface area (Å²) in [5.41, 5.74) is 1.44. The van der Waals surface area contributed by atoms with Gasteiger partial charge in [-0.05, 0) is 31.2 Å². The van der Waals surface area contributed by atoms with Crippen LogP contribution in [0.4, 0.5) is 5.95 Å². The maximum atomic E-state index is 12.5. The number of hydrogen-bond donors (Lipinski definition) is 1. The standard InChI is InChI=1S/C12H13N3OS/c16-11-9-7-3-1-4-8(7)17-10(9)14-12-13-5-2-6-15(11)12/h1-6H2,(H,13,14). The van der Waals surface area contributed by atoms with Gasteiger partial charge in [0, 0.05) is 18.0 Å². The highest BCUT2D eigenvalue weighted by atomic mass is 32.1. The van der Waals surface area contributed by atoms with Crippen molar-refractivity contribution in [1.82, 2.24) is 9.55 Å². The Bertz CT molecular complexity index is 670. The fourth-order valence-electron chi connectivity index (χ4n) is 2.86. The predicted octanol–water partition coefficient (Wildman–Crippen LogP) is 1.76. The number of thiophene rings is 1. The molecule has 3 heterocycles. The smallest absolute Gasteiger partial charge is 0.263 e. The van der Waals surface area contributed by atoms with Crippen molar-refractivity contribution < 1.29 is 0 Å². The summed E-state index contributed by atoms with van der Waals surface area (Å²) in [6.07, 6.45) is 4.38. The highest BCUT2D eigenvalue weighted by Gasteiger charge is 2.23. The van der Waals surface area contributed by atoms with Crippen LogP contribution >= 0.6 is 11.3 Å². The second kappa shape index (κ2) is 3.32. The zero-order valence-corrected chi connectivity index (χ0v) is 10.3. The Morgan fingerprint density at radius 1 is 1.29 bits per heavy atom. The van der Waals surface area contributed by atoms with Gasteiger partial charge in [0.2, 0.25) is 5.95 Å². The first kappa shape index (κ1) is 9.65. The molecule has 0 radical (unpaired) electrons. The number of fused-ring (bicyclic) bond motifs is 4. The molecule has 4 nitrogen and oxygen atoms in total. The van der Waals surface area contributed by atoms with Crippen molar-refractivity contribution in [2.45, 2.75) is 32.2 Å². The maximum absolute atomic E-state index is 12.5. The van der Waals surface area contributed by atoms with Gasteiger partial charge < -0.3 is 5.32 Å². The molecule has 0 bridgehead atoms. The molecule has 1 N–H and O–H groups in total. The lowest BCUT2D eigenvalue weighted by Gasteiger charge is -2.18. The van der Waals surface area contributed by atoms with Crippen LogP contribution in [0.1, 0.15) is 23.3 Å². The van der Waals surface area contributed by atoms with Crippen LogP contribution in [0, 0.1) is 0 Å².